The van der Waals surface area contributed by atoms with Crippen LogP contribution in [0.3, 0.4) is 0 Å². The van der Waals surface area contributed by atoms with Crippen LogP contribution in [0.2, 0.25) is 6.82 Å². The second-order valence-electron chi connectivity index (χ2n) is 4.56. The third-order valence-corrected chi connectivity index (χ3v) is 4.48. The number of hydrogen-bond acceptors (Lipinski definition) is 4. The van der Waals surface area contributed by atoms with Crippen molar-refractivity contribution in [2.75, 3.05) is 0 Å². The number of benzene rings is 2. The summed E-state index contributed by atoms with van der Waals surface area (Å²) in [4.78, 5) is 0. The Morgan fingerprint density at radius 2 is 1.91 bits per heavy atom. The van der Waals surface area contributed by atoms with Crippen molar-refractivity contribution in [3.63, 3.8) is 0 Å². The zero-order valence-corrected chi connectivity index (χ0v) is 14.2. The molecule has 1 N–H and O–H groups in total. The average molecular weight is 409 g/mol. The van der Waals surface area contributed by atoms with Crippen LogP contribution in [-0.4, -0.2) is 21.3 Å². The molecule has 10 heteroatoms. The normalized spacial score (nSPS) is 12.4. The van der Waals surface area contributed by atoms with Crippen molar-refractivity contribution in [2.45, 2.75) is 18.9 Å². The lowest BCUT2D eigenvalue weighted by Gasteiger charge is -2.15. The standard InChI is InChI=1S/C13H11BBrF3NO3S/c1-14-19-7-11-10-6-9(15)4-2-8(10)3-5-12(11)22-23(20,21)13(16,17)18/h2-6,19H,7H2,1H3. The van der Waals surface area contributed by atoms with E-state index in [1.54, 1.807) is 32.4 Å². The lowest BCUT2D eigenvalue weighted by atomic mass is 9.97. The second kappa shape index (κ2) is 6.70. The molecule has 0 atom stereocenters. The summed E-state index contributed by atoms with van der Waals surface area (Å²) in [5, 5.41) is 4.18. The fourth-order valence-corrected chi connectivity index (χ4v) is 2.81. The molecule has 0 aliphatic heterocycles. The molecule has 0 unspecified atom stereocenters. The van der Waals surface area contributed by atoms with Crippen LogP contribution in [0.4, 0.5) is 13.2 Å². The number of hydrogen-bond donors (Lipinski definition) is 1. The number of halogens is 4. The van der Waals surface area contributed by atoms with Crippen molar-refractivity contribution >= 4 is 44.2 Å². The SMILES string of the molecule is C[B]NCc1c(OS(=O)(=O)C(F)(F)F)ccc2ccc(Br)cc12. The minimum atomic E-state index is -5.73. The van der Waals surface area contributed by atoms with Crippen molar-refractivity contribution in [2.24, 2.45) is 0 Å². The maximum atomic E-state index is 12.5. The fraction of sp³-hybridized carbons (Fsp3) is 0.231. The molecule has 23 heavy (non-hydrogen) atoms. The van der Waals surface area contributed by atoms with E-state index in [1.165, 1.54) is 12.1 Å². The molecule has 0 spiro atoms. The molecule has 0 fully saturated rings. The minimum absolute atomic E-state index is 0.118. The van der Waals surface area contributed by atoms with Gasteiger partial charge >= 0.3 is 15.6 Å². The molecule has 0 amide bonds. The highest BCUT2D eigenvalue weighted by atomic mass is 79.9. The van der Waals surface area contributed by atoms with Gasteiger partial charge in [-0.2, -0.15) is 21.6 Å². The molecule has 1 radical (unpaired) electrons. The molecule has 2 aromatic carbocycles. The first-order valence-electron chi connectivity index (χ1n) is 6.39. The van der Waals surface area contributed by atoms with Gasteiger partial charge in [-0.25, -0.2) is 0 Å². The quantitative estimate of drug-likeness (QED) is 0.466. The van der Waals surface area contributed by atoms with E-state index < -0.39 is 15.6 Å². The molecule has 2 aromatic rings. The van der Waals surface area contributed by atoms with Crippen LogP contribution in [0.25, 0.3) is 10.8 Å². The second-order valence-corrected chi connectivity index (χ2v) is 7.01. The smallest absolute Gasteiger partial charge is 0.376 e. The summed E-state index contributed by atoms with van der Waals surface area (Å²) in [6, 6.07) is 7.95. The summed E-state index contributed by atoms with van der Waals surface area (Å²) < 4.78 is 65.2. The molecule has 123 valence electrons. The van der Waals surface area contributed by atoms with Crippen LogP contribution in [0.15, 0.2) is 34.8 Å². The monoisotopic (exact) mass is 408 g/mol. The van der Waals surface area contributed by atoms with Gasteiger partial charge < -0.3 is 9.41 Å². The highest BCUT2D eigenvalue weighted by Crippen LogP contribution is 2.34. The van der Waals surface area contributed by atoms with Crippen molar-refractivity contribution < 1.29 is 25.8 Å². The molecular weight excluding hydrogens is 398 g/mol. The summed E-state index contributed by atoms with van der Waals surface area (Å²) in [7, 11) is -4.13. The Balaban J connectivity index is 2.59. The lowest BCUT2D eigenvalue weighted by Crippen LogP contribution is -2.28. The van der Waals surface area contributed by atoms with Gasteiger partial charge in [0.1, 0.15) is 5.75 Å². The molecule has 0 heterocycles. The molecule has 0 bridgehead atoms. The average Bonchev–Trinajstić information content (AvgIpc) is 2.44. The maximum Gasteiger partial charge on any atom is 0.534 e. The van der Waals surface area contributed by atoms with E-state index in [4.69, 9.17) is 0 Å². The Morgan fingerprint density at radius 1 is 1.26 bits per heavy atom. The van der Waals surface area contributed by atoms with Crippen molar-refractivity contribution in [3.8, 4) is 5.75 Å². The van der Waals surface area contributed by atoms with E-state index in [-0.39, 0.29) is 12.3 Å². The van der Waals surface area contributed by atoms with Crippen molar-refractivity contribution in [1.82, 2.24) is 5.23 Å². The van der Waals surface area contributed by atoms with Gasteiger partial charge in [-0.15, -0.1) is 0 Å². The van der Waals surface area contributed by atoms with Crippen molar-refractivity contribution in [3.05, 3.63) is 40.4 Å². The zero-order chi connectivity index (χ0) is 17.3. The molecule has 0 saturated carbocycles. The van der Waals surface area contributed by atoms with E-state index in [1.807, 2.05) is 0 Å². The summed E-state index contributed by atoms with van der Waals surface area (Å²) >= 11 is 3.29. The fourth-order valence-electron chi connectivity index (χ4n) is 1.96. The van der Waals surface area contributed by atoms with E-state index in [9.17, 15) is 21.6 Å². The van der Waals surface area contributed by atoms with Crippen LogP contribution >= 0.6 is 15.9 Å². The highest BCUT2D eigenvalue weighted by molar-refractivity contribution is 9.10. The zero-order valence-electron chi connectivity index (χ0n) is 11.8. The summed E-state index contributed by atoms with van der Waals surface area (Å²) in [5.41, 5.74) is -5.17. The number of nitrogens with one attached hydrogen (secondary N) is 1. The third-order valence-electron chi connectivity index (χ3n) is 3.02. The van der Waals surface area contributed by atoms with Crippen LogP contribution in [0.5, 0.6) is 5.75 Å². The molecule has 2 rings (SSSR count). The van der Waals surface area contributed by atoms with Crippen LogP contribution in [0.1, 0.15) is 5.56 Å². The molecule has 4 nitrogen and oxygen atoms in total. The van der Waals surface area contributed by atoms with Gasteiger partial charge in [-0.3, -0.25) is 0 Å². The first-order chi connectivity index (χ1) is 10.7. The Hall–Kier alpha value is -1.26. The number of fused-ring (bicyclic) bond motifs is 1. The van der Waals surface area contributed by atoms with Gasteiger partial charge in [0, 0.05) is 16.6 Å². The van der Waals surface area contributed by atoms with Gasteiger partial charge in [-0.1, -0.05) is 34.9 Å². The predicted molar refractivity (Wildman–Crippen MR) is 85.7 cm³/mol. The Morgan fingerprint density at radius 3 is 2.52 bits per heavy atom. The van der Waals surface area contributed by atoms with Gasteiger partial charge in [0.2, 0.25) is 7.41 Å². The highest BCUT2D eigenvalue weighted by Gasteiger charge is 2.48. The summed E-state index contributed by atoms with van der Waals surface area (Å²) in [5.74, 6) is -0.359. The van der Waals surface area contributed by atoms with E-state index in [0.29, 0.717) is 15.4 Å². The van der Waals surface area contributed by atoms with Crippen LogP contribution in [0, 0.1) is 0 Å². The Kier molecular flexibility index (Phi) is 5.27. The first-order valence-corrected chi connectivity index (χ1v) is 8.59. The topological polar surface area (TPSA) is 55.4 Å². The largest absolute Gasteiger partial charge is 0.534 e. The summed E-state index contributed by atoms with van der Waals surface area (Å²) in [6.07, 6.45) is 0. The Bertz CT molecular complexity index is 827. The van der Waals surface area contributed by atoms with Gasteiger partial charge in [0.15, 0.2) is 0 Å². The van der Waals surface area contributed by atoms with Crippen LogP contribution < -0.4 is 9.41 Å². The molecule has 0 saturated heterocycles. The Labute approximate surface area is 140 Å². The van der Waals surface area contributed by atoms with Gasteiger partial charge in [0.05, 0.1) is 0 Å². The van der Waals surface area contributed by atoms with Crippen LogP contribution in [-0.2, 0) is 16.7 Å². The molecule has 0 aliphatic rings. The lowest BCUT2D eigenvalue weighted by molar-refractivity contribution is -0.0500. The summed E-state index contributed by atoms with van der Waals surface area (Å²) in [6.45, 7) is 1.82. The number of alkyl halides is 3. The van der Waals surface area contributed by atoms with E-state index >= 15 is 0 Å². The number of rotatable bonds is 5. The van der Waals surface area contributed by atoms with E-state index in [2.05, 4.69) is 25.3 Å². The molecular formula is C13H11BBrF3NO3S. The first kappa shape index (κ1) is 18.1. The molecule has 0 aliphatic carbocycles. The minimum Gasteiger partial charge on any atom is -0.376 e. The van der Waals surface area contributed by atoms with E-state index in [0.717, 1.165) is 5.39 Å². The third kappa shape index (κ3) is 3.99. The molecule has 0 aromatic heterocycles. The van der Waals surface area contributed by atoms with Crippen molar-refractivity contribution in [1.29, 1.82) is 0 Å². The van der Waals surface area contributed by atoms with Gasteiger partial charge in [0.25, 0.3) is 0 Å². The van der Waals surface area contributed by atoms with Gasteiger partial charge in [-0.05, 0) is 29.0 Å². The maximum absolute atomic E-state index is 12.5. The predicted octanol–water partition coefficient (Wildman–Crippen LogP) is 3.59.